The molecule has 0 saturated carbocycles. The highest BCUT2D eigenvalue weighted by molar-refractivity contribution is 5.38. The van der Waals surface area contributed by atoms with Gasteiger partial charge in [0.15, 0.2) is 5.65 Å². The third-order valence-electron chi connectivity index (χ3n) is 2.80. The molecule has 3 heteroatoms. The third-order valence-corrected chi connectivity index (χ3v) is 2.80. The molecule has 0 amide bonds. The SMILES string of the molecule is CCC(C)(C)c1nnc2ccccn12. The van der Waals surface area contributed by atoms with Gasteiger partial charge in [-0.3, -0.25) is 4.40 Å². The molecule has 2 aromatic heterocycles. The van der Waals surface area contributed by atoms with Crippen LogP contribution >= 0.6 is 0 Å². The van der Waals surface area contributed by atoms with Gasteiger partial charge >= 0.3 is 0 Å². The molecule has 0 N–H and O–H groups in total. The fourth-order valence-electron chi connectivity index (χ4n) is 1.46. The number of hydrogen-bond acceptors (Lipinski definition) is 2. The summed E-state index contributed by atoms with van der Waals surface area (Å²) in [6.07, 6.45) is 3.07. The highest BCUT2D eigenvalue weighted by Crippen LogP contribution is 2.24. The Balaban J connectivity index is 2.64. The normalized spacial score (nSPS) is 12.2. The van der Waals surface area contributed by atoms with Crippen molar-refractivity contribution >= 4 is 5.65 Å². The van der Waals surface area contributed by atoms with Gasteiger partial charge in [0.2, 0.25) is 0 Å². The Kier molecular flexibility index (Phi) is 2.02. The zero-order valence-electron chi connectivity index (χ0n) is 8.86. The van der Waals surface area contributed by atoms with Crippen molar-refractivity contribution in [1.82, 2.24) is 14.6 Å². The van der Waals surface area contributed by atoms with E-state index < -0.39 is 0 Å². The molecule has 0 aliphatic heterocycles. The minimum absolute atomic E-state index is 0.0841. The minimum atomic E-state index is 0.0841. The van der Waals surface area contributed by atoms with E-state index in [9.17, 15) is 0 Å². The van der Waals surface area contributed by atoms with E-state index in [1.165, 1.54) is 0 Å². The first-order chi connectivity index (χ1) is 6.65. The lowest BCUT2D eigenvalue weighted by molar-refractivity contribution is 0.468. The van der Waals surface area contributed by atoms with E-state index in [1.54, 1.807) is 0 Å². The van der Waals surface area contributed by atoms with Gasteiger partial charge in [0, 0.05) is 11.6 Å². The highest BCUT2D eigenvalue weighted by Gasteiger charge is 2.23. The zero-order chi connectivity index (χ0) is 10.2. The maximum atomic E-state index is 4.25. The lowest BCUT2D eigenvalue weighted by Crippen LogP contribution is -2.19. The van der Waals surface area contributed by atoms with Gasteiger partial charge in [-0.15, -0.1) is 10.2 Å². The average Bonchev–Trinajstić information content (AvgIpc) is 2.61. The molecule has 0 aromatic carbocycles. The van der Waals surface area contributed by atoms with Crippen molar-refractivity contribution in [3.63, 3.8) is 0 Å². The molecule has 0 spiro atoms. The maximum absolute atomic E-state index is 4.25. The molecule has 74 valence electrons. The Hall–Kier alpha value is -1.38. The van der Waals surface area contributed by atoms with Crippen molar-refractivity contribution in [1.29, 1.82) is 0 Å². The van der Waals surface area contributed by atoms with Gasteiger partial charge < -0.3 is 0 Å². The Bertz CT molecular complexity index is 442. The van der Waals surface area contributed by atoms with E-state index in [0.29, 0.717) is 0 Å². The van der Waals surface area contributed by atoms with Crippen LogP contribution in [0.2, 0.25) is 0 Å². The Morgan fingerprint density at radius 2 is 2.07 bits per heavy atom. The molecular weight excluding hydrogens is 174 g/mol. The summed E-state index contributed by atoms with van der Waals surface area (Å²) in [4.78, 5) is 0. The fourth-order valence-corrected chi connectivity index (χ4v) is 1.46. The maximum Gasteiger partial charge on any atom is 0.160 e. The highest BCUT2D eigenvalue weighted by atomic mass is 15.2. The Morgan fingerprint density at radius 1 is 1.29 bits per heavy atom. The molecule has 3 nitrogen and oxygen atoms in total. The van der Waals surface area contributed by atoms with E-state index in [1.807, 2.05) is 24.4 Å². The summed E-state index contributed by atoms with van der Waals surface area (Å²) >= 11 is 0. The number of rotatable bonds is 2. The van der Waals surface area contributed by atoms with Crippen LogP contribution in [0.4, 0.5) is 0 Å². The largest absolute Gasteiger partial charge is 0.286 e. The number of pyridine rings is 1. The summed E-state index contributed by atoms with van der Waals surface area (Å²) in [6, 6.07) is 5.96. The summed E-state index contributed by atoms with van der Waals surface area (Å²) < 4.78 is 2.06. The smallest absolute Gasteiger partial charge is 0.160 e. The van der Waals surface area contributed by atoms with Crippen molar-refractivity contribution < 1.29 is 0 Å². The van der Waals surface area contributed by atoms with Gasteiger partial charge in [0.25, 0.3) is 0 Å². The lowest BCUT2D eigenvalue weighted by atomic mass is 9.89. The second-order valence-corrected chi connectivity index (χ2v) is 4.19. The number of aromatic nitrogens is 3. The van der Waals surface area contributed by atoms with Crippen LogP contribution in [0, 0.1) is 0 Å². The second-order valence-electron chi connectivity index (χ2n) is 4.19. The van der Waals surface area contributed by atoms with Crippen LogP contribution in [0.1, 0.15) is 33.0 Å². The summed E-state index contributed by atoms with van der Waals surface area (Å²) in [6.45, 7) is 6.55. The predicted molar refractivity (Wildman–Crippen MR) is 56.3 cm³/mol. The van der Waals surface area contributed by atoms with E-state index >= 15 is 0 Å². The molecule has 0 aliphatic carbocycles. The molecule has 2 aromatic rings. The molecule has 0 aliphatic rings. The van der Waals surface area contributed by atoms with Crippen LogP contribution < -0.4 is 0 Å². The molecule has 0 radical (unpaired) electrons. The number of nitrogens with zero attached hydrogens (tertiary/aromatic N) is 3. The van der Waals surface area contributed by atoms with E-state index in [-0.39, 0.29) is 5.41 Å². The fraction of sp³-hybridized carbons (Fsp3) is 0.455. The van der Waals surface area contributed by atoms with Crippen LogP contribution in [0.5, 0.6) is 0 Å². The van der Waals surface area contributed by atoms with Gasteiger partial charge in [-0.25, -0.2) is 0 Å². The van der Waals surface area contributed by atoms with Crippen LogP contribution in [0.25, 0.3) is 5.65 Å². The van der Waals surface area contributed by atoms with Gasteiger partial charge in [0.1, 0.15) is 5.82 Å². The summed E-state index contributed by atoms with van der Waals surface area (Å²) in [7, 11) is 0. The topological polar surface area (TPSA) is 30.2 Å². The van der Waals surface area contributed by atoms with Gasteiger partial charge in [0.05, 0.1) is 0 Å². The Labute approximate surface area is 83.8 Å². The van der Waals surface area contributed by atoms with Crippen LogP contribution in [-0.2, 0) is 5.41 Å². The molecule has 2 heterocycles. The van der Waals surface area contributed by atoms with Crippen molar-refractivity contribution in [3.05, 3.63) is 30.2 Å². The summed E-state index contributed by atoms with van der Waals surface area (Å²) in [5.41, 5.74) is 1.00. The van der Waals surface area contributed by atoms with Crippen LogP contribution in [-0.4, -0.2) is 14.6 Å². The first kappa shape index (κ1) is 9.19. The quantitative estimate of drug-likeness (QED) is 0.726. The first-order valence-electron chi connectivity index (χ1n) is 4.95. The van der Waals surface area contributed by atoms with Gasteiger partial charge in [-0.05, 0) is 18.6 Å². The molecule has 0 fully saturated rings. The first-order valence-corrected chi connectivity index (χ1v) is 4.95. The van der Waals surface area contributed by atoms with E-state index in [4.69, 9.17) is 0 Å². The van der Waals surface area contributed by atoms with E-state index in [0.717, 1.165) is 17.9 Å². The van der Waals surface area contributed by atoms with E-state index in [2.05, 4.69) is 35.4 Å². The molecular formula is C11H15N3. The molecule has 14 heavy (non-hydrogen) atoms. The third kappa shape index (κ3) is 1.29. The predicted octanol–water partition coefficient (Wildman–Crippen LogP) is 2.42. The molecule has 0 bridgehead atoms. The van der Waals surface area contributed by atoms with Crippen molar-refractivity contribution in [2.45, 2.75) is 32.6 Å². The lowest BCUT2D eigenvalue weighted by Gasteiger charge is -2.19. The zero-order valence-corrected chi connectivity index (χ0v) is 8.86. The second kappa shape index (κ2) is 3.08. The minimum Gasteiger partial charge on any atom is -0.286 e. The molecule has 0 atom stereocenters. The standard InChI is InChI=1S/C11H15N3/c1-4-11(2,3)10-13-12-9-7-5-6-8-14(9)10/h5-8H,4H2,1-3H3. The van der Waals surface area contributed by atoms with Gasteiger partial charge in [-0.1, -0.05) is 26.8 Å². The van der Waals surface area contributed by atoms with Crippen LogP contribution in [0.15, 0.2) is 24.4 Å². The van der Waals surface area contributed by atoms with Crippen molar-refractivity contribution in [2.75, 3.05) is 0 Å². The molecule has 0 unspecified atom stereocenters. The monoisotopic (exact) mass is 189 g/mol. The number of hydrogen-bond donors (Lipinski definition) is 0. The van der Waals surface area contributed by atoms with Crippen molar-refractivity contribution in [3.8, 4) is 0 Å². The number of fused-ring (bicyclic) bond motifs is 1. The average molecular weight is 189 g/mol. The summed E-state index contributed by atoms with van der Waals surface area (Å²) in [5.74, 6) is 1.04. The molecule has 0 saturated heterocycles. The van der Waals surface area contributed by atoms with Crippen LogP contribution in [0.3, 0.4) is 0 Å². The molecule has 2 rings (SSSR count). The van der Waals surface area contributed by atoms with Gasteiger partial charge in [-0.2, -0.15) is 0 Å². The van der Waals surface area contributed by atoms with Crippen molar-refractivity contribution in [2.24, 2.45) is 0 Å². The summed E-state index contributed by atoms with van der Waals surface area (Å²) in [5, 5.41) is 8.40. The Morgan fingerprint density at radius 3 is 2.79 bits per heavy atom.